The Hall–Kier alpha value is -2.05. The lowest BCUT2D eigenvalue weighted by Crippen LogP contribution is -2.19. The zero-order valence-electron chi connectivity index (χ0n) is 12.9. The van der Waals surface area contributed by atoms with E-state index in [4.69, 9.17) is 4.74 Å². The van der Waals surface area contributed by atoms with E-state index in [0.29, 0.717) is 12.1 Å². The molecule has 5 nitrogen and oxygen atoms in total. The van der Waals surface area contributed by atoms with Crippen molar-refractivity contribution < 1.29 is 13.2 Å². The van der Waals surface area contributed by atoms with Gasteiger partial charge in [-0.1, -0.05) is 24.3 Å². The zero-order valence-corrected chi connectivity index (χ0v) is 13.7. The summed E-state index contributed by atoms with van der Waals surface area (Å²) in [6.07, 6.45) is 0. The molecule has 2 rings (SSSR count). The molecule has 2 aromatic carbocycles. The Kier molecular flexibility index (Phi) is 5.05. The summed E-state index contributed by atoms with van der Waals surface area (Å²) in [6, 6.07) is 13.0. The van der Waals surface area contributed by atoms with Crippen molar-refractivity contribution in [2.75, 3.05) is 19.5 Å². The molecule has 0 aromatic heterocycles. The molecular weight excluding hydrogens is 300 g/mol. The molecule has 0 saturated carbocycles. The first-order chi connectivity index (χ1) is 10.5. The summed E-state index contributed by atoms with van der Waals surface area (Å²) in [4.78, 5) is 0.278. The third kappa shape index (κ3) is 3.58. The van der Waals surface area contributed by atoms with Crippen LogP contribution in [-0.2, 0) is 16.6 Å². The van der Waals surface area contributed by atoms with Crippen LogP contribution < -0.4 is 14.8 Å². The van der Waals surface area contributed by atoms with Crippen molar-refractivity contribution in [1.82, 2.24) is 4.72 Å². The molecular formula is C16H20N2O3S. The lowest BCUT2D eigenvalue weighted by molar-refractivity contribution is 0.410. The van der Waals surface area contributed by atoms with Gasteiger partial charge in [0.05, 0.1) is 12.0 Å². The number of rotatable bonds is 6. The summed E-state index contributed by atoms with van der Waals surface area (Å²) in [5.41, 5.74) is 2.45. The van der Waals surface area contributed by atoms with Crippen molar-refractivity contribution >= 4 is 15.7 Å². The van der Waals surface area contributed by atoms with Crippen LogP contribution in [0, 0.1) is 6.92 Å². The SMILES string of the molecule is CNS(=O)(=O)c1cc(NCc2ccccc2OC)ccc1C. The maximum absolute atomic E-state index is 12.0. The Morgan fingerprint density at radius 2 is 1.86 bits per heavy atom. The van der Waals surface area contributed by atoms with Crippen molar-refractivity contribution in [1.29, 1.82) is 0 Å². The first-order valence-corrected chi connectivity index (χ1v) is 8.36. The van der Waals surface area contributed by atoms with E-state index in [0.717, 1.165) is 17.0 Å². The third-order valence-corrected chi connectivity index (χ3v) is 4.98. The van der Waals surface area contributed by atoms with Gasteiger partial charge < -0.3 is 10.1 Å². The van der Waals surface area contributed by atoms with Crippen LogP contribution in [0.3, 0.4) is 0 Å². The average Bonchev–Trinajstić information content (AvgIpc) is 2.54. The van der Waals surface area contributed by atoms with Gasteiger partial charge in [0, 0.05) is 17.8 Å². The van der Waals surface area contributed by atoms with Gasteiger partial charge in [0.2, 0.25) is 10.0 Å². The number of aryl methyl sites for hydroxylation is 1. The molecule has 0 aliphatic heterocycles. The van der Waals surface area contributed by atoms with Crippen LogP contribution in [0.25, 0.3) is 0 Å². The molecule has 0 amide bonds. The maximum atomic E-state index is 12.0. The van der Waals surface area contributed by atoms with Crippen LogP contribution in [0.2, 0.25) is 0 Å². The van der Waals surface area contributed by atoms with Crippen LogP contribution in [0.1, 0.15) is 11.1 Å². The number of sulfonamides is 1. The van der Waals surface area contributed by atoms with E-state index in [9.17, 15) is 8.42 Å². The van der Waals surface area contributed by atoms with Crippen molar-refractivity contribution in [3.05, 3.63) is 53.6 Å². The summed E-state index contributed by atoms with van der Waals surface area (Å²) < 4.78 is 31.6. The first-order valence-electron chi connectivity index (χ1n) is 6.88. The van der Waals surface area contributed by atoms with Crippen molar-refractivity contribution in [3.63, 3.8) is 0 Å². The number of ether oxygens (including phenoxy) is 1. The fraction of sp³-hybridized carbons (Fsp3) is 0.250. The Bertz CT molecular complexity index is 758. The Labute approximate surface area is 131 Å². The predicted octanol–water partition coefficient (Wildman–Crippen LogP) is 2.52. The van der Waals surface area contributed by atoms with Gasteiger partial charge in [-0.2, -0.15) is 0 Å². The molecule has 118 valence electrons. The zero-order chi connectivity index (χ0) is 16.2. The molecule has 6 heteroatoms. The maximum Gasteiger partial charge on any atom is 0.240 e. The molecule has 0 bridgehead atoms. The van der Waals surface area contributed by atoms with Gasteiger partial charge in [0.15, 0.2) is 0 Å². The number of nitrogens with one attached hydrogen (secondary N) is 2. The largest absolute Gasteiger partial charge is 0.496 e. The lowest BCUT2D eigenvalue weighted by atomic mass is 10.2. The number of hydrogen-bond donors (Lipinski definition) is 2. The van der Waals surface area contributed by atoms with E-state index < -0.39 is 10.0 Å². The molecule has 0 aliphatic rings. The molecule has 0 fully saturated rings. The van der Waals surface area contributed by atoms with Gasteiger partial charge in [-0.15, -0.1) is 0 Å². The standard InChI is InChI=1S/C16H20N2O3S/c1-12-8-9-14(10-16(12)22(19,20)17-2)18-11-13-6-4-5-7-15(13)21-3/h4-10,17-18H,11H2,1-3H3. The molecule has 2 aromatic rings. The van der Waals surface area contributed by atoms with Crippen LogP contribution in [0.15, 0.2) is 47.4 Å². The molecule has 0 aliphatic carbocycles. The van der Waals surface area contributed by atoms with Crippen LogP contribution in [0.5, 0.6) is 5.75 Å². The topological polar surface area (TPSA) is 67.4 Å². The number of anilines is 1. The minimum absolute atomic E-state index is 0.278. The van der Waals surface area contributed by atoms with E-state index in [1.54, 1.807) is 26.2 Å². The minimum Gasteiger partial charge on any atom is -0.496 e. The van der Waals surface area contributed by atoms with Crippen molar-refractivity contribution in [2.45, 2.75) is 18.4 Å². The first kappa shape index (κ1) is 16.3. The van der Waals surface area contributed by atoms with E-state index in [2.05, 4.69) is 10.0 Å². The summed E-state index contributed by atoms with van der Waals surface area (Å²) in [5.74, 6) is 0.796. The van der Waals surface area contributed by atoms with Crippen LogP contribution >= 0.6 is 0 Å². The number of methoxy groups -OCH3 is 1. The fourth-order valence-corrected chi connectivity index (χ4v) is 3.15. The van der Waals surface area contributed by atoms with E-state index in [1.807, 2.05) is 30.3 Å². The van der Waals surface area contributed by atoms with Crippen LogP contribution in [0.4, 0.5) is 5.69 Å². The minimum atomic E-state index is -3.46. The normalized spacial score (nSPS) is 11.2. The molecule has 22 heavy (non-hydrogen) atoms. The molecule has 0 saturated heterocycles. The summed E-state index contributed by atoms with van der Waals surface area (Å²) in [7, 11) is -0.428. The van der Waals surface area contributed by atoms with Gasteiger partial charge >= 0.3 is 0 Å². The Balaban J connectivity index is 2.23. The highest BCUT2D eigenvalue weighted by Gasteiger charge is 2.15. The number of benzene rings is 2. The molecule has 0 unspecified atom stereocenters. The monoisotopic (exact) mass is 320 g/mol. The second kappa shape index (κ2) is 6.81. The molecule has 0 radical (unpaired) electrons. The molecule has 0 heterocycles. The molecule has 2 N–H and O–H groups in total. The molecule has 0 atom stereocenters. The smallest absolute Gasteiger partial charge is 0.240 e. The van der Waals surface area contributed by atoms with Gasteiger partial charge in [-0.25, -0.2) is 13.1 Å². The van der Waals surface area contributed by atoms with E-state index >= 15 is 0 Å². The van der Waals surface area contributed by atoms with Crippen molar-refractivity contribution in [2.24, 2.45) is 0 Å². The number of para-hydroxylation sites is 1. The Morgan fingerprint density at radius 1 is 1.14 bits per heavy atom. The third-order valence-electron chi connectivity index (χ3n) is 3.42. The lowest BCUT2D eigenvalue weighted by Gasteiger charge is -2.13. The Morgan fingerprint density at radius 3 is 2.55 bits per heavy atom. The number of hydrogen-bond acceptors (Lipinski definition) is 4. The van der Waals surface area contributed by atoms with Crippen molar-refractivity contribution in [3.8, 4) is 5.75 Å². The van der Waals surface area contributed by atoms with Crippen LogP contribution in [-0.4, -0.2) is 22.6 Å². The second-order valence-electron chi connectivity index (χ2n) is 4.85. The summed E-state index contributed by atoms with van der Waals surface area (Å²) in [5, 5.41) is 3.23. The highest BCUT2D eigenvalue weighted by atomic mass is 32.2. The van der Waals surface area contributed by atoms with Gasteiger partial charge in [-0.05, 0) is 37.7 Å². The van der Waals surface area contributed by atoms with E-state index in [-0.39, 0.29) is 4.90 Å². The summed E-state index contributed by atoms with van der Waals surface area (Å²) >= 11 is 0. The summed E-state index contributed by atoms with van der Waals surface area (Å²) in [6.45, 7) is 2.32. The predicted molar refractivity (Wildman–Crippen MR) is 87.7 cm³/mol. The highest BCUT2D eigenvalue weighted by molar-refractivity contribution is 7.89. The average molecular weight is 320 g/mol. The highest BCUT2D eigenvalue weighted by Crippen LogP contribution is 2.22. The van der Waals surface area contributed by atoms with Gasteiger partial charge in [-0.3, -0.25) is 0 Å². The molecule has 0 spiro atoms. The fourth-order valence-electron chi connectivity index (χ4n) is 2.16. The second-order valence-corrected chi connectivity index (χ2v) is 6.71. The van der Waals surface area contributed by atoms with Gasteiger partial charge in [0.1, 0.15) is 5.75 Å². The quantitative estimate of drug-likeness (QED) is 0.858. The van der Waals surface area contributed by atoms with E-state index in [1.165, 1.54) is 7.05 Å². The van der Waals surface area contributed by atoms with Gasteiger partial charge in [0.25, 0.3) is 0 Å².